The zero-order valence-corrected chi connectivity index (χ0v) is 8.28. The van der Waals surface area contributed by atoms with Crippen LogP contribution in [-0.2, 0) is 0 Å². The van der Waals surface area contributed by atoms with Crippen LogP contribution in [0, 0.1) is 0 Å². The van der Waals surface area contributed by atoms with Gasteiger partial charge in [-0.25, -0.2) is 4.39 Å². The number of nitrogens with two attached hydrogens (primary N) is 1. The maximum atomic E-state index is 13.1. The van der Waals surface area contributed by atoms with E-state index in [-0.39, 0.29) is 6.04 Å². The van der Waals surface area contributed by atoms with Crippen molar-refractivity contribution in [2.24, 2.45) is 0 Å². The molecule has 0 saturated carbocycles. The number of halogens is 1. The third-order valence-corrected chi connectivity index (χ3v) is 2.79. The Kier molecular flexibility index (Phi) is 2.42. The van der Waals surface area contributed by atoms with Gasteiger partial charge in [0.1, 0.15) is 6.17 Å². The van der Waals surface area contributed by atoms with Crippen molar-refractivity contribution in [3.63, 3.8) is 0 Å². The van der Waals surface area contributed by atoms with Crippen LogP contribution >= 0.6 is 0 Å². The topological polar surface area (TPSA) is 29.3 Å². The first-order chi connectivity index (χ1) is 6.66. The molecule has 1 aliphatic heterocycles. The maximum Gasteiger partial charge on any atom is 0.115 e. The number of alkyl halides is 1. The van der Waals surface area contributed by atoms with Crippen molar-refractivity contribution in [1.29, 1.82) is 0 Å². The van der Waals surface area contributed by atoms with E-state index in [1.807, 2.05) is 36.2 Å². The number of rotatable bonds is 1. The molecule has 0 aromatic heterocycles. The minimum Gasteiger partial charge on any atom is -0.399 e. The van der Waals surface area contributed by atoms with E-state index in [0.29, 0.717) is 13.0 Å². The van der Waals surface area contributed by atoms with Gasteiger partial charge in [0.15, 0.2) is 0 Å². The highest BCUT2D eigenvalue weighted by Crippen LogP contribution is 2.32. The van der Waals surface area contributed by atoms with Crippen LogP contribution in [0.25, 0.3) is 0 Å². The Morgan fingerprint density at radius 3 is 2.86 bits per heavy atom. The summed E-state index contributed by atoms with van der Waals surface area (Å²) in [5, 5.41) is 0. The molecule has 2 unspecified atom stereocenters. The molecule has 1 heterocycles. The Morgan fingerprint density at radius 1 is 1.50 bits per heavy atom. The van der Waals surface area contributed by atoms with Crippen LogP contribution < -0.4 is 5.73 Å². The fourth-order valence-electron chi connectivity index (χ4n) is 2.09. The summed E-state index contributed by atoms with van der Waals surface area (Å²) in [6, 6.07) is 7.90. The molecule has 2 nitrogen and oxygen atoms in total. The van der Waals surface area contributed by atoms with Gasteiger partial charge in [-0.2, -0.15) is 0 Å². The second kappa shape index (κ2) is 3.58. The van der Waals surface area contributed by atoms with E-state index in [9.17, 15) is 4.39 Å². The average Bonchev–Trinajstić information content (AvgIpc) is 2.45. The molecule has 3 heteroatoms. The molecule has 0 radical (unpaired) electrons. The first-order valence-corrected chi connectivity index (χ1v) is 4.86. The van der Waals surface area contributed by atoms with Crippen molar-refractivity contribution < 1.29 is 4.39 Å². The molecule has 0 aliphatic carbocycles. The molecule has 1 aromatic carbocycles. The van der Waals surface area contributed by atoms with Crippen LogP contribution in [0.15, 0.2) is 24.3 Å². The lowest BCUT2D eigenvalue weighted by Gasteiger charge is -2.19. The van der Waals surface area contributed by atoms with Gasteiger partial charge in [0, 0.05) is 18.3 Å². The number of hydrogen-bond donors (Lipinski definition) is 1. The van der Waals surface area contributed by atoms with Crippen LogP contribution in [0.1, 0.15) is 18.0 Å². The summed E-state index contributed by atoms with van der Waals surface area (Å²) in [4.78, 5) is 2.04. The van der Waals surface area contributed by atoms with E-state index in [0.717, 1.165) is 11.3 Å². The number of likely N-dealkylation sites (tertiary alicyclic amines) is 1. The van der Waals surface area contributed by atoms with Crippen molar-refractivity contribution in [2.75, 3.05) is 19.3 Å². The maximum absolute atomic E-state index is 13.1. The van der Waals surface area contributed by atoms with Gasteiger partial charge in [-0.15, -0.1) is 0 Å². The van der Waals surface area contributed by atoms with Gasteiger partial charge in [-0.1, -0.05) is 12.1 Å². The Hall–Kier alpha value is -1.09. The Labute approximate surface area is 83.5 Å². The summed E-state index contributed by atoms with van der Waals surface area (Å²) in [5.74, 6) is 0. The monoisotopic (exact) mass is 194 g/mol. The highest BCUT2D eigenvalue weighted by atomic mass is 19.1. The Bertz CT molecular complexity index is 327. The fourth-order valence-corrected chi connectivity index (χ4v) is 2.09. The zero-order chi connectivity index (χ0) is 10.1. The third kappa shape index (κ3) is 1.73. The second-order valence-corrected chi connectivity index (χ2v) is 3.96. The van der Waals surface area contributed by atoms with Crippen molar-refractivity contribution in [1.82, 2.24) is 4.90 Å². The summed E-state index contributed by atoms with van der Waals surface area (Å²) in [6.07, 6.45) is -0.119. The van der Waals surface area contributed by atoms with Crippen LogP contribution in [0.2, 0.25) is 0 Å². The third-order valence-electron chi connectivity index (χ3n) is 2.79. The first-order valence-electron chi connectivity index (χ1n) is 4.86. The molecule has 76 valence electrons. The average molecular weight is 194 g/mol. The molecule has 0 amide bonds. The molecule has 2 N–H and O–H groups in total. The molecule has 1 aliphatic rings. The van der Waals surface area contributed by atoms with E-state index in [4.69, 9.17) is 5.73 Å². The molecule has 0 bridgehead atoms. The SMILES string of the molecule is CN1CC(F)CC1c1cccc(N)c1. The van der Waals surface area contributed by atoms with Gasteiger partial charge < -0.3 is 5.73 Å². The van der Waals surface area contributed by atoms with Crippen LogP contribution in [-0.4, -0.2) is 24.7 Å². The molecule has 2 rings (SSSR count). The lowest BCUT2D eigenvalue weighted by atomic mass is 10.0. The van der Waals surface area contributed by atoms with Crippen molar-refractivity contribution in [3.8, 4) is 0 Å². The van der Waals surface area contributed by atoms with E-state index in [2.05, 4.69) is 0 Å². The summed E-state index contributed by atoms with van der Waals surface area (Å²) in [5.41, 5.74) is 7.56. The Morgan fingerprint density at radius 2 is 2.29 bits per heavy atom. The number of nitrogens with zero attached hydrogens (tertiary/aromatic N) is 1. The number of benzene rings is 1. The highest BCUT2D eigenvalue weighted by molar-refractivity contribution is 5.41. The molecule has 1 fully saturated rings. The number of anilines is 1. The van der Waals surface area contributed by atoms with Crippen LogP contribution in [0.5, 0.6) is 0 Å². The highest BCUT2D eigenvalue weighted by Gasteiger charge is 2.30. The molecule has 2 atom stereocenters. The lowest BCUT2D eigenvalue weighted by Crippen LogP contribution is -2.18. The summed E-state index contributed by atoms with van der Waals surface area (Å²) in [7, 11) is 1.95. The van der Waals surface area contributed by atoms with Gasteiger partial charge in [-0.3, -0.25) is 4.90 Å². The first kappa shape index (κ1) is 9.46. The van der Waals surface area contributed by atoms with E-state index >= 15 is 0 Å². The molecule has 1 aromatic rings. The lowest BCUT2D eigenvalue weighted by molar-refractivity contribution is 0.297. The van der Waals surface area contributed by atoms with Crippen LogP contribution in [0.4, 0.5) is 10.1 Å². The fraction of sp³-hybridized carbons (Fsp3) is 0.455. The summed E-state index contributed by atoms with van der Waals surface area (Å²) < 4.78 is 13.1. The van der Waals surface area contributed by atoms with Gasteiger partial charge in [0.25, 0.3) is 0 Å². The minimum absolute atomic E-state index is 0.188. The standard InChI is InChI=1S/C11H15FN2/c1-14-7-9(12)6-11(14)8-3-2-4-10(13)5-8/h2-5,9,11H,6-7,13H2,1H3. The minimum atomic E-state index is -0.702. The largest absolute Gasteiger partial charge is 0.399 e. The Balaban J connectivity index is 2.23. The van der Waals surface area contributed by atoms with Crippen molar-refractivity contribution >= 4 is 5.69 Å². The summed E-state index contributed by atoms with van der Waals surface area (Å²) in [6.45, 7) is 0.527. The predicted molar refractivity (Wildman–Crippen MR) is 55.7 cm³/mol. The number of hydrogen-bond acceptors (Lipinski definition) is 2. The molecular formula is C11H15FN2. The number of nitrogen functional groups attached to an aromatic ring is 1. The van der Waals surface area contributed by atoms with E-state index < -0.39 is 6.17 Å². The smallest absolute Gasteiger partial charge is 0.115 e. The van der Waals surface area contributed by atoms with Crippen molar-refractivity contribution in [2.45, 2.75) is 18.6 Å². The van der Waals surface area contributed by atoms with Gasteiger partial charge in [0.05, 0.1) is 0 Å². The summed E-state index contributed by atoms with van der Waals surface area (Å²) >= 11 is 0. The van der Waals surface area contributed by atoms with E-state index in [1.165, 1.54) is 0 Å². The van der Waals surface area contributed by atoms with E-state index in [1.54, 1.807) is 0 Å². The van der Waals surface area contributed by atoms with Crippen molar-refractivity contribution in [3.05, 3.63) is 29.8 Å². The molecule has 14 heavy (non-hydrogen) atoms. The van der Waals surface area contributed by atoms with Gasteiger partial charge >= 0.3 is 0 Å². The normalized spacial score (nSPS) is 28.1. The van der Waals surface area contributed by atoms with Gasteiger partial charge in [-0.05, 0) is 31.2 Å². The van der Waals surface area contributed by atoms with Gasteiger partial charge in [0.2, 0.25) is 0 Å². The zero-order valence-electron chi connectivity index (χ0n) is 8.28. The predicted octanol–water partition coefficient (Wildman–Crippen LogP) is 1.98. The second-order valence-electron chi connectivity index (χ2n) is 3.96. The molecule has 0 spiro atoms. The van der Waals surface area contributed by atoms with Crippen LogP contribution in [0.3, 0.4) is 0 Å². The molecule has 1 saturated heterocycles. The molecular weight excluding hydrogens is 179 g/mol. The quantitative estimate of drug-likeness (QED) is 0.693.